The van der Waals surface area contributed by atoms with Crippen LogP contribution in [0.25, 0.3) is 11.0 Å². The highest BCUT2D eigenvalue weighted by Crippen LogP contribution is 2.31. The third kappa shape index (κ3) is 1.39. The minimum atomic E-state index is -1.16. The third-order valence-electron chi connectivity index (χ3n) is 1.84. The molecule has 0 radical (unpaired) electrons. The Hall–Kier alpha value is -1.82. The van der Waals surface area contributed by atoms with Crippen LogP contribution in [0, 0.1) is 0 Å². The molecule has 7 heteroatoms. The average molecular weight is 229 g/mol. The van der Waals surface area contributed by atoms with Gasteiger partial charge in [0.2, 0.25) is 5.88 Å². The van der Waals surface area contributed by atoms with E-state index < -0.39 is 5.97 Å². The number of methoxy groups -OCH3 is 1. The SMILES string of the molecule is COc1ncc(C(=O)O)c2onc(Cl)c12. The maximum absolute atomic E-state index is 10.8. The molecule has 0 aliphatic carbocycles. The Morgan fingerprint density at radius 2 is 2.40 bits per heavy atom. The number of carboxylic acid groups (broad SMARTS) is 1. The highest BCUT2D eigenvalue weighted by molar-refractivity contribution is 6.34. The number of carbonyl (C=O) groups is 1. The summed E-state index contributed by atoms with van der Waals surface area (Å²) in [6.07, 6.45) is 1.13. The number of aromatic carboxylic acids is 1. The summed E-state index contributed by atoms with van der Waals surface area (Å²) in [6, 6.07) is 0. The van der Waals surface area contributed by atoms with Gasteiger partial charge in [0.25, 0.3) is 0 Å². The van der Waals surface area contributed by atoms with E-state index >= 15 is 0 Å². The first-order chi connectivity index (χ1) is 7.15. The minimum Gasteiger partial charge on any atom is -0.480 e. The number of aromatic nitrogens is 2. The molecule has 0 saturated heterocycles. The molecule has 0 saturated carbocycles. The van der Waals surface area contributed by atoms with Gasteiger partial charge in [0, 0.05) is 6.20 Å². The number of nitrogens with zero attached hydrogens (tertiary/aromatic N) is 2. The van der Waals surface area contributed by atoms with Crippen LogP contribution in [0.3, 0.4) is 0 Å². The number of rotatable bonds is 2. The number of fused-ring (bicyclic) bond motifs is 1. The lowest BCUT2D eigenvalue weighted by Crippen LogP contribution is -1.99. The number of hydrogen-bond donors (Lipinski definition) is 1. The van der Waals surface area contributed by atoms with Crippen molar-refractivity contribution in [3.05, 3.63) is 16.9 Å². The first kappa shape index (κ1) is 9.72. The van der Waals surface area contributed by atoms with Crippen LogP contribution >= 0.6 is 11.6 Å². The Labute approximate surface area is 88.4 Å². The average Bonchev–Trinajstić information content (AvgIpc) is 2.60. The quantitative estimate of drug-likeness (QED) is 0.840. The molecule has 78 valence electrons. The highest BCUT2D eigenvalue weighted by atomic mass is 35.5. The van der Waals surface area contributed by atoms with Crippen molar-refractivity contribution in [2.75, 3.05) is 7.11 Å². The van der Waals surface area contributed by atoms with Crippen molar-refractivity contribution in [3.8, 4) is 5.88 Å². The van der Waals surface area contributed by atoms with Crippen LogP contribution < -0.4 is 4.74 Å². The predicted molar refractivity (Wildman–Crippen MR) is 50.3 cm³/mol. The number of carboxylic acids is 1. The maximum atomic E-state index is 10.8. The molecule has 0 aliphatic heterocycles. The van der Waals surface area contributed by atoms with Crippen molar-refractivity contribution in [2.24, 2.45) is 0 Å². The zero-order valence-electron chi connectivity index (χ0n) is 7.52. The zero-order chi connectivity index (χ0) is 11.0. The first-order valence-corrected chi connectivity index (χ1v) is 4.24. The molecule has 2 rings (SSSR count). The second-order valence-corrected chi connectivity index (χ2v) is 3.02. The van der Waals surface area contributed by atoms with Gasteiger partial charge in [-0.25, -0.2) is 9.78 Å². The lowest BCUT2D eigenvalue weighted by Gasteiger charge is -2.00. The van der Waals surface area contributed by atoms with Crippen molar-refractivity contribution >= 4 is 28.5 Å². The van der Waals surface area contributed by atoms with E-state index in [9.17, 15) is 4.79 Å². The summed E-state index contributed by atoms with van der Waals surface area (Å²) in [7, 11) is 1.39. The molecule has 6 nitrogen and oxygen atoms in total. The van der Waals surface area contributed by atoms with Gasteiger partial charge in [0.1, 0.15) is 10.9 Å². The predicted octanol–water partition coefficient (Wildman–Crippen LogP) is 1.58. The number of halogens is 1. The van der Waals surface area contributed by atoms with Crippen LogP contribution in [-0.2, 0) is 0 Å². The summed E-state index contributed by atoms with van der Waals surface area (Å²) >= 11 is 5.72. The van der Waals surface area contributed by atoms with E-state index in [1.54, 1.807) is 0 Å². The van der Waals surface area contributed by atoms with Crippen LogP contribution in [0.4, 0.5) is 0 Å². The fraction of sp³-hybridized carbons (Fsp3) is 0.125. The van der Waals surface area contributed by atoms with Crippen LogP contribution in [-0.4, -0.2) is 28.3 Å². The minimum absolute atomic E-state index is 0.0254. The molecule has 2 aromatic rings. The van der Waals surface area contributed by atoms with Gasteiger partial charge in [-0.05, 0) is 0 Å². The maximum Gasteiger partial charge on any atom is 0.341 e. The van der Waals surface area contributed by atoms with Crippen molar-refractivity contribution in [1.29, 1.82) is 0 Å². The molecule has 0 aliphatic rings. The number of pyridine rings is 1. The smallest absolute Gasteiger partial charge is 0.341 e. The van der Waals surface area contributed by atoms with Gasteiger partial charge in [0.15, 0.2) is 10.7 Å². The van der Waals surface area contributed by atoms with Gasteiger partial charge in [0.05, 0.1) is 7.11 Å². The molecule has 15 heavy (non-hydrogen) atoms. The Kier molecular flexibility index (Phi) is 2.20. The van der Waals surface area contributed by atoms with E-state index in [0.717, 1.165) is 6.20 Å². The molecule has 0 aromatic carbocycles. The Morgan fingerprint density at radius 1 is 1.67 bits per heavy atom. The van der Waals surface area contributed by atoms with Crippen molar-refractivity contribution in [3.63, 3.8) is 0 Å². The van der Waals surface area contributed by atoms with Gasteiger partial charge in [-0.2, -0.15) is 0 Å². The third-order valence-corrected chi connectivity index (χ3v) is 2.10. The lowest BCUT2D eigenvalue weighted by molar-refractivity contribution is 0.0697. The molecule has 0 fully saturated rings. The van der Waals surface area contributed by atoms with Crippen molar-refractivity contribution in [1.82, 2.24) is 10.1 Å². The monoisotopic (exact) mass is 228 g/mol. The van der Waals surface area contributed by atoms with Gasteiger partial charge in [-0.3, -0.25) is 0 Å². The fourth-order valence-corrected chi connectivity index (χ4v) is 1.39. The molecule has 2 heterocycles. The number of ether oxygens (including phenoxy) is 1. The van der Waals surface area contributed by atoms with Gasteiger partial charge >= 0.3 is 5.97 Å². The largest absolute Gasteiger partial charge is 0.480 e. The highest BCUT2D eigenvalue weighted by Gasteiger charge is 2.20. The summed E-state index contributed by atoms with van der Waals surface area (Å²) in [6.45, 7) is 0. The van der Waals surface area contributed by atoms with Crippen LogP contribution in [0.15, 0.2) is 10.7 Å². The van der Waals surface area contributed by atoms with Crippen LogP contribution in [0.2, 0.25) is 5.15 Å². The van der Waals surface area contributed by atoms with E-state index in [-0.39, 0.29) is 27.6 Å². The summed E-state index contributed by atoms with van der Waals surface area (Å²) in [4.78, 5) is 14.6. The molecule has 2 aromatic heterocycles. The van der Waals surface area contributed by atoms with Crippen LogP contribution in [0.1, 0.15) is 10.4 Å². The molecule has 1 N–H and O–H groups in total. The Morgan fingerprint density at radius 3 is 3.00 bits per heavy atom. The first-order valence-electron chi connectivity index (χ1n) is 3.86. The molecule has 0 spiro atoms. The molecule has 0 unspecified atom stereocenters. The normalized spacial score (nSPS) is 10.5. The zero-order valence-corrected chi connectivity index (χ0v) is 8.28. The van der Waals surface area contributed by atoms with Crippen molar-refractivity contribution in [2.45, 2.75) is 0 Å². The summed E-state index contributed by atoms with van der Waals surface area (Å²) in [5.41, 5.74) is -0.0513. The molecule has 0 bridgehead atoms. The van der Waals surface area contributed by atoms with E-state index in [1.165, 1.54) is 7.11 Å². The molecule has 0 atom stereocenters. The number of hydrogen-bond acceptors (Lipinski definition) is 5. The van der Waals surface area contributed by atoms with Crippen LogP contribution in [0.5, 0.6) is 5.88 Å². The standard InChI is InChI=1S/C8H5ClN2O4/c1-14-7-4-5(15-11-6(4)9)3(2-10-7)8(12)13/h2H,1H3,(H,12,13). The molecule has 0 amide bonds. The molecular formula is C8H5ClN2O4. The van der Waals surface area contributed by atoms with Gasteiger partial charge in [-0.1, -0.05) is 16.8 Å². The Balaban J connectivity index is 2.85. The van der Waals surface area contributed by atoms with Crippen molar-refractivity contribution < 1.29 is 19.2 Å². The fourth-order valence-electron chi connectivity index (χ4n) is 1.19. The topological polar surface area (TPSA) is 85.5 Å². The van der Waals surface area contributed by atoms with Gasteiger partial charge < -0.3 is 14.4 Å². The second-order valence-electron chi connectivity index (χ2n) is 2.66. The summed E-state index contributed by atoms with van der Waals surface area (Å²) in [5, 5.41) is 12.6. The lowest BCUT2D eigenvalue weighted by atomic mass is 10.2. The van der Waals surface area contributed by atoms with Gasteiger partial charge in [-0.15, -0.1) is 0 Å². The summed E-state index contributed by atoms with van der Waals surface area (Å²) < 4.78 is 9.71. The molecular weight excluding hydrogens is 224 g/mol. The Bertz CT molecular complexity index is 537. The van der Waals surface area contributed by atoms with E-state index in [4.69, 9.17) is 26.0 Å². The van der Waals surface area contributed by atoms with E-state index in [1.807, 2.05) is 0 Å². The van der Waals surface area contributed by atoms with E-state index in [2.05, 4.69) is 10.1 Å². The second kappa shape index (κ2) is 3.39. The van der Waals surface area contributed by atoms with E-state index in [0.29, 0.717) is 0 Å². The summed E-state index contributed by atoms with van der Waals surface area (Å²) in [5.74, 6) is -0.982.